The molecule has 0 saturated carbocycles. The van der Waals surface area contributed by atoms with E-state index in [1.54, 1.807) is 23.5 Å². The summed E-state index contributed by atoms with van der Waals surface area (Å²) in [5.74, 6) is -0.219. The Morgan fingerprint density at radius 1 is 1.11 bits per heavy atom. The van der Waals surface area contributed by atoms with Gasteiger partial charge in [-0.25, -0.2) is 4.98 Å². The van der Waals surface area contributed by atoms with Gasteiger partial charge in [-0.15, -0.1) is 11.3 Å². The monoisotopic (exact) mass is 504 g/mol. The fourth-order valence-corrected chi connectivity index (χ4v) is 4.59. The van der Waals surface area contributed by atoms with E-state index in [1.165, 1.54) is 0 Å². The van der Waals surface area contributed by atoms with E-state index in [1.807, 2.05) is 49.4 Å². The predicted octanol–water partition coefficient (Wildman–Crippen LogP) is 6.78. The lowest BCUT2D eigenvalue weighted by Gasteiger charge is -2.12. The van der Waals surface area contributed by atoms with Crippen LogP contribution in [0.1, 0.15) is 15.9 Å². The third-order valence-corrected chi connectivity index (χ3v) is 6.35. The van der Waals surface area contributed by atoms with Crippen LogP contribution in [0.25, 0.3) is 20.8 Å². The summed E-state index contributed by atoms with van der Waals surface area (Å²) in [5, 5.41) is 4.37. The van der Waals surface area contributed by atoms with Crippen molar-refractivity contribution in [3.05, 3.63) is 80.4 Å². The molecule has 0 radical (unpaired) electrons. The Labute approximate surface area is 179 Å². The molecule has 0 aliphatic rings. The van der Waals surface area contributed by atoms with Crippen LogP contribution in [0.2, 0.25) is 5.02 Å². The molecule has 6 heteroatoms. The minimum Gasteiger partial charge on any atom is -0.322 e. The van der Waals surface area contributed by atoms with Gasteiger partial charge >= 0.3 is 0 Å². The maximum atomic E-state index is 12.7. The number of nitrogens with one attached hydrogen (secondary N) is 1. The Balaban J connectivity index is 1.69. The summed E-state index contributed by atoms with van der Waals surface area (Å²) >= 11 is 10.0. The average Bonchev–Trinajstić information content (AvgIpc) is 3.09. The summed E-state index contributed by atoms with van der Waals surface area (Å²) < 4.78 is 2.11. The lowest BCUT2D eigenvalue weighted by molar-refractivity contribution is 0.102. The van der Waals surface area contributed by atoms with Crippen LogP contribution < -0.4 is 5.32 Å². The number of rotatable bonds is 3. The molecule has 0 bridgehead atoms. The SMILES string of the molecule is Cc1c(NC(=O)c2cc(I)ccc2Cl)cccc1-c1nc2ccccc2s1. The molecule has 4 aromatic rings. The first-order chi connectivity index (χ1) is 13.0. The van der Waals surface area contributed by atoms with Crippen molar-refractivity contribution in [3.8, 4) is 10.6 Å². The van der Waals surface area contributed by atoms with Crippen molar-refractivity contribution >= 4 is 67.3 Å². The minimum absolute atomic E-state index is 0.219. The van der Waals surface area contributed by atoms with Gasteiger partial charge in [-0.2, -0.15) is 0 Å². The number of benzene rings is 3. The van der Waals surface area contributed by atoms with Crippen LogP contribution in [0.15, 0.2) is 60.7 Å². The molecule has 134 valence electrons. The van der Waals surface area contributed by atoms with Crippen LogP contribution in [0, 0.1) is 10.5 Å². The number of anilines is 1. The van der Waals surface area contributed by atoms with Crippen molar-refractivity contribution in [2.45, 2.75) is 6.92 Å². The Morgan fingerprint density at radius 2 is 1.93 bits per heavy atom. The number of aromatic nitrogens is 1. The van der Waals surface area contributed by atoms with Gasteiger partial charge in [-0.05, 0) is 71.5 Å². The molecule has 0 saturated heterocycles. The number of carbonyl (C=O) groups is 1. The Morgan fingerprint density at radius 3 is 2.74 bits per heavy atom. The molecule has 1 amide bonds. The van der Waals surface area contributed by atoms with E-state index in [2.05, 4.69) is 34.0 Å². The van der Waals surface area contributed by atoms with Gasteiger partial charge in [-0.1, -0.05) is 35.9 Å². The zero-order valence-corrected chi connectivity index (χ0v) is 18.0. The molecule has 27 heavy (non-hydrogen) atoms. The third kappa shape index (κ3) is 3.72. The second kappa shape index (κ2) is 7.58. The van der Waals surface area contributed by atoms with Crippen molar-refractivity contribution < 1.29 is 4.79 Å². The number of nitrogens with zero attached hydrogens (tertiary/aromatic N) is 1. The van der Waals surface area contributed by atoms with Crippen LogP contribution in [0.3, 0.4) is 0 Å². The fraction of sp³-hybridized carbons (Fsp3) is 0.0476. The Kier molecular flexibility index (Phi) is 5.16. The van der Waals surface area contributed by atoms with Crippen LogP contribution in [0.4, 0.5) is 5.69 Å². The Bertz CT molecular complexity index is 1140. The summed E-state index contributed by atoms with van der Waals surface area (Å²) in [6.45, 7) is 1.99. The smallest absolute Gasteiger partial charge is 0.257 e. The van der Waals surface area contributed by atoms with Gasteiger partial charge in [0.15, 0.2) is 0 Å². The molecule has 0 unspecified atom stereocenters. The largest absolute Gasteiger partial charge is 0.322 e. The third-order valence-electron chi connectivity index (χ3n) is 4.28. The summed E-state index contributed by atoms with van der Waals surface area (Å²) in [7, 11) is 0. The van der Waals surface area contributed by atoms with Crippen molar-refractivity contribution in [3.63, 3.8) is 0 Å². The molecule has 3 nitrogen and oxygen atoms in total. The fourth-order valence-electron chi connectivity index (χ4n) is 2.85. The summed E-state index contributed by atoms with van der Waals surface area (Å²) in [4.78, 5) is 17.4. The molecule has 0 fully saturated rings. The first kappa shape index (κ1) is 18.4. The molecular formula is C21H14ClIN2OS. The molecule has 4 rings (SSSR count). The number of amides is 1. The van der Waals surface area contributed by atoms with E-state index in [-0.39, 0.29) is 5.91 Å². The second-order valence-electron chi connectivity index (χ2n) is 6.04. The number of thiazole rings is 1. The van der Waals surface area contributed by atoms with E-state index < -0.39 is 0 Å². The number of halogens is 2. The molecule has 1 aromatic heterocycles. The first-order valence-corrected chi connectivity index (χ1v) is 10.5. The average molecular weight is 505 g/mol. The summed E-state index contributed by atoms with van der Waals surface area (Å²) in [6.07, 6.45) is 0. The molecule has 1 heterocycles. The van der Waals surface area contributed by atoms with Gasteiger partial charge in [0.05, 0.1) is 20.8 Å². The minimum atomic E-state index is -0.219. The van der Waals surface area contributed by atoms with Crippen LogP contribution >= 0.6 is 45.5 Å². The van der Waals surface area contributed by atoms with Crippen molar-refractivity contribution in [1.82, 2.24) is 4.98 Å². The first-order valence-electron chi connectivity index (χ1n) is 8.25. The molecule has 1 N–H and O–H groups in total. The second-order valence-corrected chi connectivity index (χ2v) is 8.73. The van der Waals surface area contributed by atoms with Crippen LogP contribution in [-0.2, 0) is 0 Å². The maximum absolute atomic E-state index is 12.7. The Hall–Kier alpha value is -1.96. The topological polar surface area (TPSA) is 42.0 Å². The van der Waals surface area contributed by atoms with E-state index >= 15 is 0 Å². The quantitative estimate of drug-likeness (QED) is 0.312. The van der Waals surface area contributed by atoms with Gasteiger partial charge in [0, 0.05) is 14.8 Å². The van der Waals surface area contributed by atoms with Gasteiger partial charge in [-0.3, -0.25) is 4.79 Å². The number of carbonyl (C=O) groups excluding carboxylic acids is 1. The zero-order chi connectivity index (χ0) is 19.0. The van der Waals surface area contributed by atoms with Gasteiger partial charge in [0.25, 0.3) is 5.91 Å². The molecule has 0 aliphatic carbocycles. The standard InChI is InChI=1S/C21H14ClIN2OS/c1-12-14(21-25-18-6-2-3-8-19(18)27-21)5-4-7-17(12)24-20(26)15-11-13(23)9-10-16(15)22/h2-11H,1H3,(H,24,26). The highest BCUT2D eigenvalue weighted by atomic mass is 127. The van der Waals surface area contributed by atoms with E-state index in [4.69, 9.17) is 16.6 Å². The van der Waals surface area contributed by atoms with Crippen molar-refractivity contribution in [2.75, 3.05) is 5.32 Å². The number of fused-ring (bicyclic) bond motifs is 1. The van der Waals surface area contributed by atoms with Crippen molar-refractivity contribution in [2.24, 2.45) is 0 Å². The zero-order valence-electron chi connectivity index (χ0n) is 14.3. The highest BCUT2D eigenvalue weighted by molar-refractivity contribution is 14.1. The normalized spacial score (nSPS) is 10.9. The van der Waals surface area contributed by atoms with Crippen molar-refractivity contribution in [1.29, 1.82) is 0 Å². The van der Waals surface area contributed by atoms with Gasteiger partial charge in [0.2, 0.25) is 0 Å². The van der Waals surface area contributed by atoms with Crippen LogP contribution in [-0.4, -0.2) is 10.9 Å². The molecule has 3 aromatic carbocycles. The van der Waals surface area contributed by atoms with Gasteiger partial charge < -0.3 is 5.32 Å². The number of para-hydroxylation sites is 1. The highest BCUT2D eigenvalue weighted by Gasteiger charge is 2.15. The highest BCUT2D eigenvalue weighted by Crippen LogP contribution is 2.34. The van der Waals surface area contributed by atoms with E-state index in [0.717, 1.165) is 35.6 Å². The molecule has 0 aliphatic heterocycles. The van der Waals surface area contributed by atoms with Gasteiger partial charge in [0.1, 0.15) is 5.01 Å². The molecule has 0 atom stereocenters. The summed E-state index contributed by atoms with van der Waals surface area (Å²) in [6, 6.07) is 19.3. The number of hydrogen-bond acceptors (Lipinski definition) is 3. The summed E-state index contributed by atoms with van der Waals surface area (Å²) in [5.41, 5.74) is 4.20. The van der Waals surface area contributed by atoms with Crippen LogP contribution in [0.5, 0.6) is 0 Å². The molecule has 0 spiro atoms. The lowest BCUT2D eigenvalue weighted by atomic mass is 10.1. The maximum Gasteiger partial charge on any atom is 0.257 e. The number of hydrogen-bond donors (Lipinski definition) is 1. The van der Waals surface area contributed by atoms with E-state index in [9.17, 15) is 4.79 Å². The lowest BCUT2D eigenvalue weighted by Crippen LogP contribution is -2.13. The van der Waals surface area contributed by atoms with E-state index in [0.29, 0.717) is 10.6 Å². The molecular weight excluding hydrogens is 491 g/mol. The predicted molar refractivity (Wildman–Crippen MR) is 122 cm³/mol.